The lowest BCUT2D eigenvalue weighted by molar-refractivity contribution is -0.133. The number of benzene rings is 2. The highest BCUT2D eigenvalue weighted by molar-refractivity contribution is 7.89. The summed E-state index contributed by atoms with van der Waals surface area (Å²) < 4.78 is 42.3. The first-order chi connectivity index (χ1) is 11.9. The van der Waals surface area contributed by atoms with Gasteiger partial charge in [0.25, 0.3) is 0 Å². The molecular formula is C17H19NO6S. The second-order valence-electron chi connectivity index (χ2n) is 5.13. The van der Waals surface area contributed by atoms with E-state index < -0.39 is 22.5 Å². The fourth-order valence-corrected chi connectivity index (χ4v) is 3.22. The lowest BCUT2D eigenvalue weighted by Gasteiger charge is -2.12. The first-order valence-electron chi connectivity index (χ1n) is 7.35. The minimum atomic E-state index is -3.99. The number of esters is 1. The quantitative estimate of drug-likeness (QED) is 0.595. The molecule has 0 saturated heterocycles. The van der Waals surface area contributed by atoms with Crippen molar-refractivity contribution >= 4 is 16.0 Å². The van der Waals surface area contributed by atoms with E-state index in [-0.39, 0.29) is 10.6 Å². The number of aryl methyl sites for hydroxylation is 1. The van der Waals surface area contributed by atoms with Crippen molar-refractivity contribution in [1.29, 1.82) is 0 Å². The number of sulfonamides is 1. The van der Waals surface area contributed by atoms with Crippen LogP contribution in [0.5, 0.6) is 17.2 Å². The predicted octanol–water partition coefficient (Wildman–Crippen LogP) is 1.90. The van der Waals surface area contributed by atoms with Crippen molar-refractivity contribution in [2.24, 2.45) is 0 Å². The summed E-state index contributed by atoms with van der Waals surface area (Å²) in [5, 5.41) is 0. The normalized spacial score (nSPS) is 11.0. The van der Waals surface area contributed by atoms with E-state index in [1.54, 1.807) is 24.3 Å². The summed E-state index contributed by atoms with van der Waals surface area (Å²) in [5.41, 5.74) is 0.923. The molecule has 0 atom stereocenters. The van der Waals surface area contributed by atoms with Crippen molar-refractivity contribution in [2.45, 2.75) is 11.8 Å². The van der Waals surface area contributed by atoms with Crippen LogP contribution in [0.4, 0.5) is 0 Å². The van der Waals surface area contributed by atoms with Crippen LogP contribution in [0.3, 0.4) is 0 Å². The third-order valence-electron chi connectivity index (χ3n) is 3.29. The smallest absolute Gasteiger partial charge is 0.326 e. The standard InChI is InChI=1S/C17H19NO6S/c1-12-5-4-6-14(9-12)24-17(19)11-18-25(20,21)16-10-13(22-2)7-8-15(16)23-3/h4-10,18H,11H2,1-3H3. The predicted molar refractivity (Wildman–Crippen MR) is 91.5 cm³/mol. The van der Waals surface area contributed by atoms with Gasteiger partial charge in [-0.05, 0) is 36.8 Å². The van der Waals surface area contributed by atoms with Crippen LogP contribution in [0, 0.1) is 6.92 Å². The summed E-state index contributed by atoms with van der Waals surface area (Å²) in [7, 11) is -1.21. The molecule has 2 aromatic rings. The van der Waals surface area contributed by atoms with Crippen molar-refractivity contribution in [3.63, 3.8) is 0 Å². The summed E-state index contributed by atoms with van der Waals surface area (Å²) >= 11 is 0. The van der Waals surface area contributed by atoms with Crippen molar-refractivity contribution in [1.82, 2.24) is 4.72 Å². The molecule has 0 amide bonds. The molecule has 0 unspecified atom stereocenters. The van der Waals surface area contributed by atoms with E-state index in [2.05, 4.69) is 4.72 Å². The molecule has 0 aromatic heterocycles. The third-order valence-corrected chi connectivity index (χ3v) is 4.71. The monoisotopic (exact) mass is 365 g/mol. The Morgan fingerprint density at radius 2 is 1.80 bits per heavy atom. The number of rotatable bonds is 7. The molecule has 134 valence electrons. The van der Waals surface area contributed by atoms with Gasteiger partial charge in [-0.2, -0.15) is 4.72 Å². The van der Waals surface area contributed by atoms with Gasteiger partial charge >= 0.3 is 5.97 Å². The molecule has 0 fully saturated rings. The largest absolute Gasteiger partial charge is 0.497 e. The maximum absolute atomic E-state index is 12.4. The van der Waals surface area contributed by atoms with E-state index in [1.807, 2.05) is 13.0 Å². The van der Waals surface area contributed by atoms with E-state index in [1.165, 1.54) is 26.4 Å². The third kappa shape index (κ3) is 4.94. The lowest BCUT2D eigenvalue weighted by Crippen LogP contribution is -2.32. The molecule has 2 rings (SSSR count). The fraction of sp³-hybridized carbons (Fsp3) is 0.235. The maximum Gasteiger partial charge on any atom is 0.326 e. The summed E-state index contributed by atoms with van der Waals surface area (Å²) in [6, 6.07) is 11.2. The zero-order valence-corrected chi connectivity index (χ0v) is 14.9. The molecule has 25 heavy (non-hydrogen) atoms. The topological polar surface area (TPSA) is 90.9 Å². The van der Waals surface area contributed by atoms with Crippen molar-refractivity contribution in [3.8, 4) is 17.2 Å². The lowest BCUT2D eigenvalue weighted by atomic mass is 10.2. The van der Waals surface area contributed by atoms with Gasteiger partial charge in [0, 0.05) is 6.07 Å². The van der Waals surface area contributed by atoms with E-state index in [4.69, 9.17) is 14.2 Å². The van der Waals surface area contributed by atoms with Gasteiger partial charge in [0.15, 0.2) is 0 Å². The molecule has 0 aliphatic rings. The van der Waals surface area contributed by atoms with Gasteiger partial charge in [0.05, 0.1) is 14.2 Å². The van der Waals surface area contributed by atoms with Gasteiger partial charge < -0.3 is 14.2 Å². The van der Waals surface area contributed by atoms with E-state index >= 15 is 0 Å². The van der Waals surface area contributed by atoms with Gasteiger partial charge in [0.1, 0.15) is 28.7 Å². The Morgan fingerprint density at radius 3 is 2.44 bits per heavy atom. The molecule has 0 heterocycles. The van der Waals surface area contributed by atoms with Crippen molar-refractivity contribution in [2.75, 3.05) is 20.8 Å². The Balaban J connectivity index is 2.10. The van der Waals surface area contributed by atoms with Gasteiger partial charge in [0.2, 0.25) is 10.0 Å². The molecule has 0 spiro atoms. The van der Waals surface area contributed by atoms with Crippen LogP contribution in [0.25, 0.3) is 0 Å². The maximum atomic E-state index is 12.4. The molecule has 2 aromatic carbocycles. The van der Waals surface area contributed by atoms with Crippen LogP contribution < -0.4 is 18.9 Å². The van der Waals surface area contributed by atoms with Crippen LogP contribution >= 0.6 is 0 Å². The molecular weight excluding hydrogens is 346 g/mol. The second-order valence-corrected chi connectivity index (χ2v) is 6.87. The molecule has 1 N–H and O–H groups in total. The molecule has 0 aliphatic carbocycles. The average Bonchev–Trinajstić information content (AvgIpc) is 2.59. The van der Waals surface area contributed by atoms with Gasteiger partial charge in [-0.1, -0.05) is 12.1 Å². The Labute approximate surface area is 146 Å². The molecule has 8 heteroatoms. The van der Waals surface area contributed by atoms with Gasteiger partial charge in [-0.3, -0.25) is 4.79 Å². The summed E-state index contributed by atoms with van der Waals surface area (Å²) in [4.78, 5) is 11.7. The first-order valence-corrected chi connectivity index (χ1v) is 8.83. The number of carbonyl (C=O) groups is 1. The van der Waals surface area contributed by atoms with Gasteiger partial charge in [-0.25, -0.2) is 8.42 Å². The van der Waals surface area contributed by atoms with Crippen LogP contribution in [0.1, 0.15) is 5.56 Å². The second kappa shape index (κ2) is 8.00. The SMILES string of the molecule is COc1ccc(OC)c(S(=O)(=O)NCC(=O)Oc2cccc(C)c2)c1. The zero-order chi connectivity index (χ0) is 18.4. The average molecular weight is 365 g/mol. The zero-order valence-electron chi connectivity index (χ0n) is 14.1. The number of ether oxygens (including phenoxy) is 3. The van der Waals surface area contributed by atoms with Crippen LogP contribution in [-0.4, -0.2) is 35.2 Å². The Morgan fingerprint density at radius 1 is 1.04 bits per heavy atom. The van der Waals surface area contributed by atoms with Gasteiger partial charge in [-0.15, -0.1) is 0 Å². The van der Waals surface area contributed by atoms with Crippen LogP contribution in [0.15, 0.2) is 47.4 Å². The Kier molecular flexibility index (Phi) is 6.00. The summed E-state index contributed by atoms with van der Waals surface area (Å²) in [6.45, 7) is 1.34. The minimum Gasteiger partial charge on any atom is -0.497 e. The number of carbonyl (C=O) groups excluding carboxylic acids is 1. The Hall–Kier alpha value is -2.58. The van der Waals surface area contributed by atoms with Crippen molar-refractivity contribution < 1.29 is 27.4 Å². The molecule has 0 saturated carbocycles. The highest BCUT2D eigenvalue weighted by atomic mass is 32.2. The molecule has 0 bridgehead atoms. The molecule has 0 aliphatic heterocycles. The molecule has 7 nitrogen and oxygen atoms in total. The highest BCUT2D eigenvalue weighted by Gasteiger charge is 2.22. The minimum absolute atomic E-state index is 0.127. The van der Waals surface area contributed by atoms with Crippen molar-refractivity contribution in [3.05, 3.63) is 48.0 Å². The molecule has 0 radical (unpaired) electrons. The number of methoxy groups -OCH3 is 2. The summed E-state index contributed by atoms with van der Waals surface area (Å²) in [5.74, 6) is 0.114. The number of nitrogens with one attached hydrogen (secondary N) is 1. The number of hydrogen-bond acceptors (Lipinski definition) is 6. The highest BCUT2D eigenvalue weighted by Crippen LogP contribution is 2.27. The van der Waals surface area contributed by atoms with E-state index in [0.29, 0.717) is 11.5 Å². The fourth-order valence-electron chi connectivity index (χ4n) is 2.07. The first kappa shape index (κ1) is 18.8. The summed E-state index contributed by atoms with van der Waals surface area (Å²) in [6.07, 6.45) is 0. The van der Waals surface area contributed by atoms with E-state index in [0.717, 1.165) is 5.56 Å². The number of hydrogen-bond donors (Lipinski definition) is 1. The van der Waals surface area contributed by atoms with Crippen LogP contribution in [-0.2, 0) is 14.8 Å². The van der Waals surface area contributed by atoms with Crippen LogP contribution in [0.2, 0.25) is 0 Å². The van der Waals surface area contributed by atoms with E-state index in [9.17, 15) is 13.2 Å². The Bertz CT molecular complexity index is 863.